The van der Waals surface area contributed by atoms with Gasteiger partial charge in [-0.3, -0.25) is 0 Å². The third-order valence-electron chi connectivity index (χ3n) is 7.89. The first kappa shape index (κ1) is 27.0. The van der Waals surface area contributed by atoms with Crippen LogP contribution in [0.2, 0.25) is 0 Å². The van der Waals surface area contributed by atoms with Crippen LogP contribution in [0.5, 0.6) is 0 Å². The summed E-state index contributed by atoms with van der Waals surface area (Å²) in [6.45, 7) is 0. The fraction of sp³-hybridized carbons (Fsp3) is 0.235. The maximum atomic E-state index is 13.7. The second-order valence-corrected chi connectivity index (χ2v) is 12.9. The van der Waals surface area contributed by atoms with E-state index < -0.39 is 27.3 Å². The molecular weight excluding hydrogens is 534 g/mol. The van der Waals surface area contributed by atoms with Crippen molar-refractivity contribution >= 4 is 15.8 Å². The van der Waals surface area contributed by atoms with Gasteiger partial charge in [-0.1, -0.05) is 91.0 Å². The lowest BCUT2D eigenvalue weighted by molar-refractivity contribution is -0.148. The van der Waals surface area contributed by atoms with Crippen molar-refractivity contribution < 1.29 is 23.1 Å². The van der Waals surface area contributed by atoms with E-state index in [0.29, 0.717) is 18.4 Å². The van der Waals surface area contributed by atoms with E-state index in [0.717, 1.165) is 29.5 Å². The first-order valence-corrected chi connectivity index (χ1v) is 15.5. The molecule has 3 aromatic carbocycles. The Labute approximate surface area is 240 Å². The van der Waals surface area contributed by atoms with Gasteiger partial charge in [-0.15, -0.1) is 0 Å². The molecule has 0 amide bonds. The Bertz CT molecular complexity index is 1640. The number of carbonyl (C=O) groups is 1. The van der Waals surface area contributed by atoms with E-state index in [1.54, 1.807) is 18.2 Å². The minimum absolute atomic E-state index is 0.0236. The summed E-state index contributed by atoms with van der Waals surface area (Å²) in [7, 11) is -3.65. The average molecular weight is 566 g/mol. The molecule has 4 aromatic rings. The van der Waals surface area contributed by atoms with Crippen LogP contribution in [0.4, 0.5) is 0 Å². The average Bonchev–Trinajstić information content (AvgIpc) is 3.78. The summed E-state index contributed by atoms with van der Waals surface area (Å²) in [5.74, 6) is -0.993. The number of hydrogen-bond acceptors (Lipinski definition) is 6. The molecule has 1 N–H and O–H groups in total. The van der Waals surface area contributed by atoms with Gasteiger partial charge in [0.05, 0.1) is 11.3 Å². The monoisotopic (exact) mass is 565 g/mol. The van der Waals surface area contributed by atoms with Gasteiger partial charge < -0.3 is 9.84 Å². The number of aliphatic hydroxyl groups excluding tert-OH is 1. The zero-order chi connectivity index (χ0) is 28.5. The van der Waals surface area contributed by atoms with Gasteiger partial charge in [-0.25, -0.2) is 18.2 Å². The molecule has 1 unspecified atom stereocenters. The normalized spacial score (nSPS) is 17.3. The fourth-order valence-electron chi connectivity index (χ4n) is 5.86. The van der Waals surface area contributed by atoms with E-state index in [4.69, 9.17) is 4.74 Å². The lowest BCUT2D eigenvalue weighted by Gasteiger charge is -2.29. The number of aliphatic hydroxyl groups is 1. The molecular formula is C34H31NO5S. The maximum absolute atomic E-state index is 13.7. The van der Waals surface area contributed by atoms with Gasteiger partial charge in [0.25, 0.3) is 0 Å². The zero-order valence-corrected chi connectivity index (χ0v) is 23.3. The molecule has 6 nitrogen and oxygen atoms in total. The molecule has 41 heavy (non-hydrogen) atoms. The van der Waals surface area contributed by atoms with Gasteiger partial charge in [0, 0.05) is 25.0 Å². The quantitative estimate of drug-likeness (QED) is 0.232. The summed E-state index contributed by atoms with van der Waals surface area (Å²) in [6, 6.07) is 31.6. The molecule has 1 aromatic heterocycles. The number of cyclic esters (lactones) is 1. The number of esters is 1. The molecule has 7 heteroatoms. The number of pyridine rings is 1. The van der Waals surface area contributed by atoms with E-state index in [1.807, 2.05) is 78.9 Å². The van der Waals surface area contributed by atoms with Crippen molar-refractivity contribution in [1.82, 2.24) is 4.98 Å². The van der Waals surface area contributed by atoms with Crippen molar-refractivity contribution in [2.75, 3.05) is 0 Å². The smallest absolute Gasteiger partial charge is 0.339 e. The summed E-state index contributed by atoms with van der Waals surface area (Å²) in [6.07, 6.45) is 3.96. The second-order valence-electron chi connectivity index (χ2n) is 11.0. The molecule has 0 spiro atoms. The Balaban J connectivity index is 1.39. The van der Waals surface area contributed by atoms with Crippen molar-refractivity contribution in [3.05, 3.63) is 143 Å². The van der Waals surface area contributed by atoms with Gasteiger partial charge in [-0.05, 0) is 53.1 Å². The minimum atomic E-state index is -3.65. The molecule has 2 aliphatic rings. The first-order chi connectivity index (χ1) is 19.8. The lowest BCUT2D eigenvalue weighted by Crippen LogP contribution is -2.37. The highest BCUT2D eigenvalue weighted by molar-refractivity contribution is 7.90. The molecule has 1 saturated carbocycles. The predicted octanol–water partition coefficient (Wildman–Crippen LogP) is 6.14. The highest BCUT2D eigenvalue weighted by atomic mass is 32.2. The van der Waals surface area contributed by atoms with Crippen LogP contribution in [0.1, 0.15) is 41.0 Å². The number of aromatic nitrogens is 1. The molecule has 1 aliphatic heterocycles. The van der Waals surface area contributed by atoms with Crippen molar-refractivity contribution in [1.29, 1.82) is 0 Å². The van der Waals surface area contributed by atoms with Gasteiger partial charge in [0.1, 0.15) is 5.76 Å². The van der Waals surface area contributed by atoms with Crippen LogP contribution in [0, 0.1) is 5.92 Å². The Morgan fingerprint density at radius 1 is 0.829 bits per heavy atom. The van der Waals surface area contributed by atoms with E-state index >= 15 is 0 Å². The number of rotatable bonds is 10. The van der Waals surface area contributed by atoms with Crippen LogP contribution in [-0.4, -0.2) is 30.1 Å². The number of benzene rings is 3. The minimum Gasteiger partial charge on any atom is -0.507 e. The predicted molar refractivity (Wildman–Crippen MR) is 156 cm³/mol. The molecule has 1 fully saturated rings. The van der Waals surface area contributed by atoms with Crippen molar-refractivity contribution in [2.24, 2.45) is 5.92 Å². The van der Waals surface area contributed by atoms with Crippen LogP contribution in [-0.2, 0) is 38.0 Å². The van der Waals surface area contributed by atoms with E-state index in [-0.39, 0.29) is 28.0 Å². The van der Waals surface area contributed by atoms with Crippen molar-refractivity contribution in [3.8, 4) is 0 Å². The van der Waals surface area contributed by atoms with Crippen molar-refractivity contribution in [3.63, 3.8) is 0 Å². The first-order valence-electron chi connectivity index (χ1n) is 13.8. The lowest BCUT2D eigenvalue weighted by atomic mass is 9.81. The van der Waals surface area contributed by atoms with Crippen LogP contribution in [0.3, 0.4) is 0 Å². The summed E-state index contributed by atoms with van der Waals surface area (Å²) in [4.78, 5) is 17.7. The third-order valence-corrected chi connectivity index (χ3v) is 9.48. The molecule has 1 aliphatic carbocycles. The molecule has 0 radical (unpaired) electrons. The standard InChI is InChI=1S/C34H31NO5S/c36-32-31(33(37)40-34(32,21-24-10-3-1-4-11-24)22-25-12-5-2-6-13-25)30(27-17-18-27)28-15-9-14-26(20-28)23-41(38,39)29-16-7-8-19-35-29/h1-16,19-20,27,30,36H,17-18,21-23H2. The zero-order valence-electron chi connectivity index (χ0n) is 22.5. The Morgan fingerprint density at radius 3 is 2.02 bits per heavy atom. The van der Waals surface area contributed by atoms with Crippen LogP contribution >= 0.6 is 0 Å². The molecule has 0 saturated heterocycles. The van der Waals surface area contributed by atoms with Crippen LogP contribution < -0.4 is 0 Å². The van der Waals surface area contributed by atoms with Crippen LogP contribution in [0.15, 0.2) is 126 Å². The SMILES string of the molecule is O=C1OC(Cc2ccccc2)(Cc2ccccc2)C(O)=C1C(c1cccc(CS(=O)(=O)c2ccccn2)c1)C1CC1. The number of nitrogens with zero attached hydrogens (tertiary/aromatic N) is 1. The highest BCUT2D eigenvalue weighted by Crippen LogP contribution is 2.51. The van der Waals surface area contributed by atoms with Gasteiger partial charge >= 0.3 is 5.97 Å². The van der Waals surface area contributed by atoms with Gasteiger partial charge in [0.2, 0.25) is 0 Å². The van der Waals surface area contributed by atoms with E-state index in [9.17, 15) is 18.3 Å². The van der Waals surface area contributed by atoms with Crippen LogP contribution in [0.25, 0.3) is 0 Å². The Morgan fingerprint density at radius 2 is 1.44 bits per heavy atom. The van der Waals surface area contributed by atoms with E-state index in [1.165, 1.54) is 12.3 Å². The largest absolute Gasteiger partial charge is 0.507 e. The van der Waals surface area contributed by atoms with Gasteiger partial charge in [0.15, 0.2) is 20.5 Å². The third kappa shape index (κ3) is 5.68. The summed E-state index contributed by atoms with van der Waals surface area (Å²) in [5.41, 5.74) is 2.36. The number of hydrogen-bond donors (Lipinski definition) is 1. The Kier molecular flexibility index (Phi) is 7.22. The number of sulfone groups is 1. The highest BCUT2D eigenvalue weighted by Gasteiger charge is 2.52. The topological polar surface area (TPSA) is 93.6 Å². The summed E-state index contributed by atoms with van der Waals surface area (Å²) in [5, 5.41) is 12.0. The van der Waals surface area contributed by atoms with Gasteiger partial charge in [-0.2, -0.15) is 0 Å². The number of carbonyl (C=O) groups excluding carboxylic acids is 1. The molecule has 208 valence electrons. The molecule has 6 rings (SSSR count). The maximum Gasteiger partial charge on any atom is 0.339 e. The van der Waals surface area contributed by atoms with E-state index in [2.05, 4.69) is 4.98 Å². The molecule has 2 heterocycles. The van der Waals surface area contributed by atoms with Crippen molar-refractivity contribution in [2.45, 2.75) is 48.0 Å². The fourth-order valence-corrected chi connectivity index (χ4v) is 7.13. The number of ether oxygens (including phenoxy) is 1. The molecule has 1 atom stereocenters. The molecule has 0 bridgehead atoms. The summed E-state index contributed by atoms with van der Waals surface area (Å²) >= 11 is 0. The second kappa shape index (κ2) is 11.0. The summed E-state index contributed by atoms with van der Waals surface area (Å²) < 4.78 is 32.2. The Hall–Kier alpha value is -4.23.